The monoisotopic (exact) mass is 230 g/mol. The summed E-state index contributed by atoms with van der Waals surface area (Å²) in [6, 6.07) is 8.95. The SMILES string of the molecule is CCN(Cc1cccc(C#CCN)c1)C(C)C. The van der Waals surface area contributed by atoms with E-state index >= 15 is 0 Å². The van der Waals surface area contributed by atoms with Gasteiger partial charge in [0.1, 0.15) is 0 Å². The second-order valence-corrected chi connectivity index (χ2v) is 4.36. The number of hydrogen-bond donors (Lipinski definition) is 1. The number of benzene rings is 1. The summed E-state index contributed by atoms with van der Waals surface area (Å²) in [7, 11) is 0. The summed E-state index contributed by atoms with van der Waals surface area (Å²) in [5, 5.41) is 0. The Kier molecular flexibility index (Phi) is 5.76. The summed E-state index contributed by atoms with van der Waals surface area (Å²) < 4.78 is 0. The van der Waals surface area contributed by atoms with E-state index in [4.69, 9.17) is 5.73 Å². The zero-order chi connectivity index (χ0) is 12.7. The van der Waals surface area contributed by atoms with E-state index in [1.807, 2.05) is 6.07 Å². The highest BCUT2D eigenvalue weighted by Crippen LogP contribution is 2.09. The summed E-state index contributed by atoms with van der Waals surface area (Å²) in [6.45, 7) is 9.10. The average molecular weight is 230 g/mol. The lowest BCUT2D eigenvalue weighted by atomic mass is 10.1. The molecule has 0 atom stereocenters. The Morgan fingerprint density at radius 1 is 1.35 bits per heavy atom. The van der Waals surface area contributed by atoms with Crippen molar-refractivity contribution < 1.29 is 0 Å². The summed E-state index contributed by atoms with van der Waals surface area (Å²) in [4.78, 5) is 2.43. The number of hydrogen-bond acceptors (Lipinski definition) is 2. The first kappa shape index (κ1) is 13.8. The van der Waals surface area contributed by atoms with Crippen LogP contribution >= 0.6 is 0 Å². The smallest absolute Gasteiger partial charge is 0.0555 e. The molecule has 0 heterocycles. The van der Waals surface area contributed by atoms with Crippen LogP contribution in [0.3, 0.4) is 0 Å². The second-order valence-electron chi connectivity index (χ2n) is 4.36. The molecule has 0 spiro atoms. The Morgan fingerprint density at radius 3 is 2.71 bits per heavy atom. The summed E-state index contributed by atoms with van der Waals surface area (Å²) in [5.74, 6) is 5.96. The maximum atomic E-state index is 5.37. The lowest BCUT2D eigenvalue weighted by Gasteiger charge is -2.24. The molecule has 0 saturated carbocycles. The Hall–Kier alpha value is -1.30. The van der Waals surface area contributed by atoms with Crippen LogP contribution in [0.2, 0.25) is 0 Å². The van der Waals surface area contributed by atoms with E-state index in [0.29, 0.717) is 12.6 Å². The third-order valence-electron chi connectivity index (χ3n) is 2.78. The van der Waals surface area contributed by atoms with Gasteiger partial charge in [0.25, 0.3) is 0 Å². The van der Waals surface area contributed by atoms with Crippen LogP contribution in [0.15, 0.2) is 24.3 Å². The maximum absolute atomic E-state index is 5.37. The van der Waals surface area contributed by atoms with Crippen molar-refractivity contribution in [3.8, 4) is 11.8 Å². The van der Waals surface area contributed by atoms with E-state index in [2.05, 4.69) is 55.7 Å². The fraction of sp³-hybridized carbons (Fsp3) is 0.467. The first-order valence-corrected chi connectivity index (χ1v) is 6.19. The third kappa shape index (κ3) is 4.60. The molecule has 1 rings (SSSR count). The van der Waals surface area contributed by atoms with Crippen LogP contribution in [-0.4, -0.2) is 24.0 Å². The molecular weight excluding hydrogens is 208 g/mol. The molecule has 0 aliphatic carbocycles. The summed E-state index contributed by atoms with van der Waals surface area (Å²) in [5.41, 5.74) is 7.73. The van der Waals surface area contributed by atoms with E-state index in [1.54, 1.807) is 0 Å². The second kappa shape index (κ2) is 7.11. The molecule has 0 amide bonds. The molecule has 2 nitrogen and oxygen atoms in total. The first-order valence-electron chi connectivity index (χ1n) is 6.19. The molecule has 0 unspecified atom stereocenters. The van der Waals surface area contributed by atoms with Crippen LogP contribution in [0.4, 0.5) is 0 Å². The predicted octanol–water partition coefficient (Wildman–Crippen LogP) is 2.23. The zero-order valence-corrected chi connectivity index (χ0v) is 11.0. The van der Waals surface area contributed by atoms with Gasteiger partial charge in [0.2, 0.25) is 0 Å². The predicted molar refractivity (Wildman–Crippen MR) is 73.6 cm³/mol. The number of rotatable bonds is 4. The molecule has 0 radical (unpaired) electrons. The Balaban J connectivity index is 2.77. The molecule has 0 fully saturated rings. The molecule has 0 aliphatic heterocycles. The Bertz CT molecular complexity index is 399. The highest BCUT2D eigenvalue weighted by atomic mass is 15.1. The lowest BCUT2D eigenvalue weighted by Crippen LogP contribution is -2.29. The van der Waals surface area contributed by atoms with Crippen molar-refractivity contribution in [2.24, 2.45) is 5.73 Å². The minimum absolute atomic E-state index is 0.414. The van der Waals surface area contributed by atoms with Crippen molar-refractivity contribution in [1.29, 1.82) is 0 Å². The molecule has 0 aromatic heterocycles. The van der Waals surface area contributed by atoms with Gasteiger partial charge >= 0.3 is 0 Å². The first-order chi connectivity index (χ1) is 8.17. The van der Waals surface area contributed by atoms with Crippen LogP contribution in [0.1, 0.15) is 31.9 Å². The fourth-order valence-electron chi connectivity index (χ4n) is 1.79. The van der Waals surface area contributed by atoms with Crippen molar-refractivity contribution in [2.45, 2.75) is 33.4 Å². The van der Waals surface area contributed by atoms with Gasteiger partial charge in [-0.15, -0.1) is 0 Å². The van der Waals surface area contributed by atoms with E-state index in [0.717, 1.165) is 18.7 Å². The lowest BCUT2D eigenvalue weighted by molar-refractivity contribution is 0.225. The molecule has 92 valence electrons. The van der Waals surface area contributed by atoms with Crippen LogP contribution in [-0.2, 0) is 6.54 Å². The standard InChI is InChI=1S/C15H22N2/c1-4-17(13(2)3)12-15-8-5-7-14(11-15)9-6-10-16/h5,7-8,11,13H,4,10,12,16H2,1-3H3. The molecular formula is C15H22N2. The molecule has 0 saturated heterocycles. The van der Waals surface area contributed by atoms with Crippen molar-refractivity contribution in [2.75, 3.05) is 13.1 Å². The third-order valence-corrected chi connectivity index (χ3v) is 2.78. The highest BCUT2D eigenvalue weighted by Gasteiger charge is 2.07. The minimum Gasteiger partial charge on any atom is -0.320 e. The molecule has 2 N–H and O–H groups in total. The minimum atomic E-state index is 0.414. The Morgan fingerprint density at radius 2 is 2.12 bits per heavy atom. The van der Waals surface area contributed by atoms with Crippen LogP contribution in [0.25, 0.3) is 0 Å². The van der Waals surface area contributed by atoms with E-state index in [-0.39, 0.29) is 0 Å². The highest BCUT2D eigenvalue weighted by molar-refractivity contribution is 5.37. The van der Waals surface area contributed by atoms with Gasteiger partial charge < -0.3 is 5.73 Å². The average Bonchev–Trinajstić information content (AvgIpc) is 2.33. The van der Waals surface area contributed by atoms with E-state index < -0.39 is 0 Å². The van der Waals surface area contributed by atoms with Crippen LogP contribution in [0, 0.1) is 11.8 Å². The van der Waals surface area contributed by atoms with Crippen molar-refractivity contribution in [1.82, 2.24) is 4.90 Å². The van der Waals surface area contributed by atoms with Gasteiger partial charge in [-0.25, -0.2) is 0 Å². The number of nitrogens with two attached hydrogens (primary N) is 1. The maximum Gasteiger partial charge on any atom is 0.0555 e. The van der Waals surface area contributed by atoms with Crippen LogP contribution < -0.4 is 5.73 Å². The summed E-state index contributed by atoms with van der Waals surface area (Å²) >= 11 is 0. The largest absolute Gasteiger partial charge is 0.320 e. The van der Waals surface area contributed by atoms with Gasteiger partial charge in [0.05, 0.1) is 6.54 Å². The molecule has 1 aromatic carbocycles. The van der Waals surface area contributed by atoms with Crippen molar-refractivity contribution in [3.63, 3.8) is 0 Å². The fourth-order valence-corrected chi connectivity index (χ4v) is 1.79. The number of nitrogens with zero attached hydrogens (tertiary/aromatic N) is 1. The summed E-state index contributed by atoms with van der Waals surface area (Å²) in [6.07, 6.45) is 0. The van der Waals surface area contributed by atoms with Crippen LogP contribution in [0.5, 0.6) is 0 Å². The molecule has 0 aliphatic rings. The molecule has 0 bridgehead atoms. The van der Waals surface area contributed by atoms with Gasteiger partial charge in [-0.1, -0.05) is 30.9 Å². The zero-order valence-electron chi connectivity index (χ0n) is 11.0. The van der Waals surface area contributed by atoms with Gasteiger partial charge in [0, 0.05) is 18.2 Å². The van der Waals surface area contributed by atoms with E-state index in [9.17, 15) is 0 Å². The van der Waals surface area contributed by atoms with Gasteiger partial charge in [0.15, 0.2) is 0 Å². The molecule has 2 heteroatoms. The molecule has 1 aromatic rings. The van der Waals surface area contributed by atoms with Gasteiger partial charge in [-0.3, -0.25) is 4.90 Å². The van der Waals surface area contributed by atoms with Gasteiger partial charge in [-0.2, -0.15) is 0 Å². The normalized spacial score (nSPS) is 10.5. The Labute approximate surface area is 105 Å². The van der Waals surface area contributed by atoms with E-state index in [1.165, 1.54) is 5.56 Å². The van der Waals surface area contributed by atoms with Crippen molar-refractivity contribution in [3.05, 3.63) is 35.4 Å². The van der Waals surface area contributed by atoms with Crippen molar-refractivity contribution >= 4 is 0 Å². The topological polar surface area (TPSA) is 29.3 Å². The van der Waals surface area contributed by atoms with Gasteiger partial charge in [-0.05, 0) is 38.1 Å². The quantitative estimate of drug-likeness (QED) is 0.804. The molecule has 17 heavy (non-hydrogen) atoms.